The molecule has 0 aromatic carbocycles. The number of amides is 1. The molecule has 1 aliphatic heterocycles. The molecule has 5 nitrogen and oxygen atoms in total. The largest absolute Gasteiger partial charge is 0.481 e. The number of nitrogens with two attached hydrogens (primary N) is 1. The summed E-state index contributed by atoms with van der Waals surface area (Å²) in [7, 11) is 0. The summed E-state index contributed by atoms with van der Waals surface area (Å²) >= 11 is 0. The van der Waals surface area contributed by atoms with Gasteiger partial charge in [-0.1, -0.05) is 13.8 Å². The van der Waals surface area contributed by atoms with Crippen molar-refractivity contribution in [3.63, 3.8) is 0 Å². The van der Waals surface area contributed by atoms with Crippen LogP contribution in [0.4, 0.5) is 0 Å². The van der Waals surface area contributed by atoms with E-state index in [1.165, 1.54) is 6.20 Å². The number of hydrogen-bond donors (Lipinski definition) is 3. The molecule has 0 fully saturated rings. The Morgan fingerprint density at radius 1 is 1.67 bits per heavy atom. The Morgan fingerprint density at radius 2 is 2.27 bits per heavy atom. The molecule has 1 rings (SSSR count). The van der Waals surface area contributed by atoms with Crippen LogP contribution in [0.5, 0.6) is 0 Å². The molecule has 1 heterocycles. The van der Waals surface area contributed by atoms with Gasteiger partial charge in [-0.2, -0.15) is 0 Å². The highest BCUT2D eigenvalue weighted by molar-refractivity contribution is 5.91. The Kier molecular flexibility index (Phi) is 3.47. The molecule has 84 valence electrons. The molecule has 4 N–H and O–H groups in total. The van der Waals surface area contributed by atoms with E-state index >= 15 is 0 Å². The predicted octanol–water partition coefficient (Wildman–Crippen LogP) is 0.0743. The van der Waals surface area contributed by atoms with Crippen LogP contribution < -0.4 is 11.1 Å². The molecule has 5 heteroatoms. The van der Waals surface area contributed by atoms with E-state index in [9.17, 15) is 9.59 Å². The number of carboxylic acid groups (broad SMARTS) is 1. The van der Waals surface area contributed by atoms with Crippen molar-refractivity contribution in [3.8, 4) is 0 Å². The maximum absolute atomic E-state index is 11.1. The third kappa shape index (κ3) is 2.56. The highest BCUT2D eigenvalue weighted by atomic mass is 16.4. The lowest BCUT2D eigenvalue weighted by Crippen LogP contribution is -2.36. The third-order valence-electron chi connectivity index (χ3n) is 2.43. The van der Waals surface area contributed by atoms with Crippen LogP contribution in [0.25, 0.3) is 0 Å². The van der Waals surface area contributed by atoms with Crippen molar-refractivity contribution in [1.29, 1.82) is 0 Å². The van der Waals surface area contributed by atoms with E-state index in [4.69, 9.17) is 10.8 Å². The van der Waals surface area contributed by atoms with Gasteiger partial charge in [-0.15, -0.1) is 0 Å². The van der Waals surface area contributed by atoms with E-state index < -0.39 is 17.9 Å². The van der Waals surface area contributed by atoms with E-state index in [-0.39, 0.29) is 11.8 Å². The molecule has 0 spiro atoms. The smallest absolute Gasteiger partial charge is 0.310 e. The molecule has 0 saturated heterocycles. The van der Waals surface area contributed by atoms with Crippen LogP contribution in [0.3, 0.4) is 0 Å². The zero-order valence-corrected chi connectivity index (χ0v) is 8.86. The second kappa shape index (κ2) is 4.44. The number of aliphatic carboxylic acids is 1. The number of rotatable bonds is 4. The Balaban J connectivity index is 2.81. The van der Waals surface area contributed by atoms with Gasteiger partial charge in [-0.3, -0.25) is 9.59 Å². The summed E-state index contributed by atoms with van der Waals surface area (Å²) in [6.07, 6.45) is 1.91. The first-order chi connectivity index (χ1) is 6.93. The molecule has 15 heavy (non-hydrogen) atoms. The molecular weight excluding hydrogens is 196 g/mol. The molecule has 2 atom stereocenters. The van der Waals surface area contributed by atoms with Crippen molar-refractivity contribution >= 4 is 11.9 Å². The highest BCUT2D eigenvalue weighted by Gasteiger charge is 2.33. The second-order valence-corrected chi connectivity index (χ2v) is 4.15. The molecule has 0 saturated carbocycles. The van der Waals surface area contributed by atoms with E-state index in [1.54, 1.807) is 0 Å². The topological polar surface area (TPSA) is 92.4 Å². The minimum atomic E-state index is -0.929. The molecule has 0 aliphatic carbocycles. The van der Waals surface area contributed by atoms with Gasteiger partial charge < -0.3 is 16.2 Å². The van der Waals surface area contributed by atoms with Crippen molar-refractivity contribution in [2.45, 2.75) is 26.3 Å². The van der Waals surface area contributed by atoms with Crippen LogP contribution in [-0.4, -0.2) is 23.0 Å². The van der Waals surface area contributed by atoms with Gasteiger partial charge in [0.25, 0.3) is 0 Å². The number of hydrogen-bond acceptors (Lipinski definition) is 3. The minimum absolute atomic E-state index is 0.245. The molecule has 2 unspecified atom stereocenters. The first kappa shape index (κ1) is 11.7. The van der Waals surface area contributed by atoms with Gasteiger partial charge in [0.1, 0.15) is 6.04 Å². The first-order valence-corrected chi connectivity index (χ1v) is 4.92. The van der Waals surface area contributed by atoms with Gasteiger partial charge in [0, 0.05) is 6.20 Å². The summed E-state index contributed by atoms with van der Waals surface area (Å²) in [5.74, 6) is -1.68. The summed E-state index contributed by atoms with van der Waals surface area (Å²) in [5.41, 5.74) is 6.07. The quantitative estimate of drug-likeness (QED) is 0.615. The number of carbonyl (C=O) groups excluding carboxylic acids is 1. The van der Waals surface area contributed by atoms with Gasteiger partial charge >= 0.3 is 5.97 Å². The van der Waals surface area contributed by atoms with Gasteiger partial charge in [-0.25, -0.2) is 0 Å². The Bertz CT molecular complexity index is 310. The van der Waals surface area contributed by atoms with E-state index in [1.807, 2.05) is 13.8 Å². The Morgan fingerprint density at radius 3 is 2.60 bits per heavy atom. The molecule has 1 amide bonds. The molecule has 0 aromatic rings. The zero-order valence-electron chi connectivity index (χ0n) is 8.86. The summed E-state index contributed by atoms with van der Waals surface area (Å²) in [6.45, 7) is 3.87. The summed E-state index contributed by atoms with van der Waals surface area (Å²) in [6, 6.07) is -0.815. The van der Waals surface area contributed by atoms with E-state index in [0.717, 1.165) is 0 Å². The standard InChI is InChI=1S/C10H16N2O3/c1-5(2)3-6(10(14)15)7-4-12-9(13)8(7)11/h4-6,8H,3,11H2,1-2H3,(H,12,13)(H,14,15). The normalized spacial score (nSPS) is 22.5. The van der Waals surface area contributed by atoms with Crippen LogP contribution in [0.1, 0.15) is 20.3 Å². The first-order valence-electron chi connectivity index (χ1n) is 4.92. The molecule has 1 aliphatic rings. The van der Waals surface area contributed by atoms with Crippen molar-refractivity contribution < 1.29 is 14.7 Å². The Labute approximate surface area is 88.3 Å². The van der Waals surface area contributed by atoms with Crippen molar-refractivity contribution in [2.75, 3.05) is 0 Å². The number of carbonyl (C=O) groups is 2. The molecule has 0 bridgehead atoms. The van der Waals surface area contributed by atoms with Crippen LogP contribution >= 0.6 is 0 Å². The van der Waals surface area contributed by atoms with Crippen molar-refractivity contribution in [2.24, 2.45) is 17.6 Å². The number of nitrogens with one attached hydrogen (secondary N) is 1. The fraction of sp³-hybridized carbons (Fsp3) is 0.600. The van der Waals surface area contributed by atoms with E-state index in [2.05, 4.69) is 5.32 Å². The average molecular weight is 212 g/mol. The predicted molar refractivity (Wildman–Crippen MR) is 54.8 cm³/mol. The third-order valence-corrected chi connectivity index (χ3v) is 2.43. The summed E-state index contributed by atoms with van der Waals surface area (Å²) in [5, 5.41) is 11.5. The average Bonchev–Trinajstić information content (AvgIpc) is 2.44. The molecule has 0 aromatic heterocycles. The van der Waals surface area contributed by atoms with Gasteiger partial charge in [0.2, 0.25) is 5.91 Å². The van der Waals surface area contributed by atoms with Crippen LogP contribution in [0.15, 0.2) is 11.8 Å². The number of carboxylic acids is 1. The highest BCUT2D eigenvalue weighted by Crippen LogP contribution is 2.24. The van der Waals surface area contributed by atoms with Crippen molar-refractivity contribution in [1.82, 2.24) is 5.32 Å². The maximum Gasteiger partial charge on any atom is 0.310 e. The summed E-state index contributed by atoms with van der Waals surface area (Å²) in [4.78, 5) is 22.2. The molecular formula is C10H16N2O3. The minimum Gasteiger partial charge on any atom is -0.481 e. The summed E-state index contributed by atoms with van der Waals surface area (Å²) < 4.78 is 0. The van der Waals surface area contributed by atoms with Crippen LogP contribution in [0, 0.1) is 11.8 Å². The fourth-order valence-corrected chi connectivity index (χ4v) is 1.65. The maximum atomic E-state index is 11.1. The van der Waals surface area contributed by atoms with E-state index in [0.29, 0.717) is 12.0 Å². The van der Waals surface area contributed by atoms with Crippen LogP contribution in [-0.2, 0) is 9.59 Å². The van der Waals surface area contributed by atoms with Gasteiger partial charge in [0.05, 0.1) is 5.92 Å². The SMILES string of the molecule is CC(C)CC(C(=O)O)C1=CNC(=O)C1N. The second-order valence-electron chi connectivity index (χ2n) is 4.15. The van der Waals surface area contributed by atoms with Gasteiger partial charge in [0.15, 0.2) is 0 Å². The van der Waals surface area contributed by atoms with Crippen molar-refractivity contribution in [3.05, 3.63) is 11.8 Å². The Hall–Kier alpha value is -1.36. The van der Waals surface area contributed by atoms with Crippen LogP contribution in [0.2, 0.25) is 0 Å². The molecule has 0 radical (unpaired) electrons. The monoisotopic (exact) mass is 212 g/mol. The fourth-order valence-electron chi connectivity index (χ4n) is 1.65. The lowest BCUT2D eigenvalue weighted by molar-refractivity contribution is -0.141. The van der Waals surface area contributed by atoms with Gasteiger partial charge in [-0.05, 0) is 17.9 Å². The lowest BCUT2D eigenvalue weighted by atomic mass is 9.88. The zero-order chi connectivity index (χ0) is 11.6. The lowest BCUT2D eigenvalue weighted by Gasteiger charge is -2.17.